The highest BCUT2D eigenvalue weighted by Gasteiger charge is 2.23. The highest BCUT2D eigenvalue weighted by atomic mass is 32.1. The summed E-state index contributed by atoms with van der Waals surface area (Å²) in [5, 5.41) is 4.67. The first-order valence-corrected chi connectivity index (χ1v) is 10.4. The lowest BCUT2D eigenvalue weighted by molar-refractivity contribution is 0.0827. The number of nitrogens with one attached hydrogen (secondary N) is 1. The van der Waals surface area contributed by atoms with Gasteiger partial charge < -0.3 is 14.5 Å². The third-order valence-electron chi connectivity index (χ3n) is 4.56. The first kappa shape index (κ1) is 20.2. The van der Waals surface area contributed by atoms with Crippen LogP contribution in [0.1, 0.15) is 20.9 Å². The quantitative estimate of drug-likeness (QED) is 0.495. The van der Waals surface area contributed by atoms with Crippen LogP contribution < -0.4 is 10.3 Å². The van der Waals surface area contributed by atoms with E-state index in [9.17, 15) is 4.79 Å². The maximum absolute atomic E-state index is 12.4. The number of hydrogen-bond acceptors (Lipinski definition) is 9. The van der Waals surface area contributed by atoms with Gasteiger partial charge in [-0.2, -0.15) is 15.1 Å². The molecule has 1 aromatic carbocycles. The largest absolute Gasteiger partial charge is 0.378 e. The second kappa shape index (κ2) is 8.72. The predicted octanol–water partition coefficient (Wildman–Crippen LogP) is 2.38. The molecule has 1 aliphatic rings. The predicted molar refractivity (Wildman–Crippen MR) is 119 cm³/mol. The molecular weight excluding hydrogens is 402 g/mol. The van der Waals surface area contributed by atoms with Crippen LogP contribution in [0.15, 0.2) is 29.4 Å². The zero-order valence-corrected chi connectivity index (χ0v) is 17.9. The monoisotopic (exact) mass is 425 g/mol. The lowest BCUT2D eigenvalue weighted by Gasteiger charge is -2.27. The Hall–Kier alpha value is -3.11. The van der Waals surface area contributed by atoms with E-state index in [0.29, 0.717) is 53.4 Å². The summed E-state index contributed by atoms with van der Waals surface area (Å²) in [4.78, 5) is 30.4. The Morgan fingerprint density at radius 3 is 2.80 bits per heavy atom. The standard InChI is InChI=1S/C20H23N7O2S/c1-13-5-4-6-14(11-13)12-21-25-20-23-16(27-7-9-29-10-8-27)15-17(24-20)30-18(22-15)19(28)26(2)3/h4-6,11-12H,7-10H2,1-3H3,(H,23,24,25)/b21-12+. The topological polar surface area (TPSA) is 95.8 Å². The Labute approximate surface area is 178 Å². The van der Waals surface area contributed by atoms with Gasteiger partial charge in [0.25, 0.3) is 5.91 Å². The fraction of sp³-hybridized carbons (Fsp3) is 0.350. The van der Waals surface area contributed by atoms with Gasteiger partial charge in [0.05, 0.1) is 19.4 Å². The van der Waals surface area contributed by atoms with Crippen molar-refractivity contribution in [2.45, 2.75) is 6.92 Å². The maximum Gasteiger partial charge on any atom is 0.282 e. The van der Waals surface area contributed by atoms with Crippen LogP contribution in [0.5, 0.6) is 0 Å². The van der Waals surface area contributed by atoms with E-state index in [1.165, 1.54) is 16.2 Å². The molecule has 30 heavy (non-hydrogen) atoms. The first-order valence-electron chi connectivity index (χ1n) is 9.60. The van der Waals surface area contributed by atoms with Crippen molar-refractivity contribution in [3.05, 3.63) is 40.4 Å². The third kappa shape index (κ3) is 4.39. The van der Waals surface area contributed by atoms with Gasteiger partial charge >= 0.3 is 0 Å². The van der Waals surface area contributed by atoms with Crippen molar-refractivity contribution in [3.8, 4) is 0 Å². The molecule has 0 saturated carbocycles. The van der Waals surface area contributed by atoms with Crippen molar-refractivity contribution in [2.24, 2.45) is 5.10 Å². The van der Waals surface area contributed by atoms with E-state index in [1.807, 2.05) is 31.2 Å². The molecular formula is C20H23N7O2S. The zero-order chi connectivity index (χ0) is 21.1. The van der Waals surface area contributed by atoms with Crippen LogP contribution in [0.2, 0.25) is 0 Å². The molecule has 0 spiro atoms. The van der Waals surface area contributed by atoms with Gasteiger partial charge in [0, 0.05) is 27.2 Å². The van der Waals surface area contributed by atoms with Crippen LogP contribution in [0, 0.1) is 6.92 Å². The average molecular weight is 426 g/mol. The molecule has 9 nitrogen and oxygen atoms in total. The van der Waals surface area contributed by atoms with E-state index in [1.54, 1.807) is 20.3 Å². The smallest absolute Gasteiger partial charge is 0.282 e. The summed E-state index contributed by atoms with van der Waals surface area (Å²) in [6.07, 6.45) is 1.72. The molecule has 1 amide bonds. The number of rotatable bonds is 5. The van der Waals surface area contributed by atoms with Crippen LogP contribution in [0.3, 0.4) is 0 Å². The molecule has 2 aromatic heterocycles. The lowest BCUT2D eigenvalue weighted by Crippen LogP contribution is -2.37. The second-order valence-corrected chi connectivity index (χ2v) is 8.10. The number of carbonyl (C=O) groups excluding carboxylic acids is 1. The summed E-state index contributed by atoms with van der Waals surface area (Å²) in [6.45, 7) is 4.67. The number of anilines is 2. The highest BCUT2D eigenvalue weighted by molar-refractivity contribution is 7.20. The summed E-state index contributed by atoms with van der Waals surface area (Å²) >= 11 is 1.25. The van der Waals surface area contributed by atoms with Crippen molar-refractivity contribution < 1.29 is 9.53 Å². The number of morpholine rings is 1. The van der Waals surface area contributed by atoms with E-state index in [-0.39, 0.29) is 5.91 Å². The number of aromatic nitrogens is 3. The number of amides is 1. The van der Waals surface area contributed by atoms with Crippen LogP contribution in [0.4, 0.5) is 11.8 Å². The van der Waals surface area contributed by atoms with Gasteiger partial charge in [-0.3, -0.25) is 4.79 Å². The van der Waals surface area contributed by atoms with Crippen molar-refractivity contribution in [2.75, 3.05) is 50.7 Å². The molecule has 3 aromatic rings. The van der Waals surface area contributed by atoms with Gasteiger partial charge in [-0.25, -0.2) is 10.4 Å². The number of fused-ring (bicyclic) bond motifs is 1. The Morgan fingerprint density at radius 1 is 1.27 bits per heavy atom. The minimum Gasteiger partial charge on any atom is -0.378 e. The molecule has 1 N–H and O–H groups in total. The van der Waals surface area contributed by atoms with E-state index in [0.717, 1.165) is 11.1 Å². The van der Waals surface area contributed by atoms with Gasteiger partial charge in [0.1, 0.15) is 5.52 Å². The Morgan fingerprint density at radius 2 is 2.07 bits per heavy atom. The number of nitrogens with zero attached hydrogens (tertiary/aromatic N) is 6. The van der Waals surface area contributed by atoms with Crippen LogP contribution in [-0.4, -0.2) is 72.4 Å². The van der Waals surface area contributed by atoms with Crippen molar-refractivity contribution in [1.29, 1.82) is 0 Å². The first-order chi connectivity index (χ1) is 14.5. The number of aryl methyl sites for hydroxylation is 1. The molecule has 10 heteroatoms. The summed E-state index contributed by atoms with van der Waals surface area (Å²) in [7, 11) is 3.41. The molecule has 0 atom stereocenters. The molecule has 3 heterocycles. The molecule has 0 aliphatic carbocycles. The molecule has 0 radical (unpaired) electrons. The molecule has 1 saturated heterocycles. The fourth-order valence-electron chi connectivity index (χ4n) is 3.05. The van der Waals surface area contributed by atoms with Gasteiger partial charge in [0.2, 0.25) is 5.95 Å². The van der Waals surface area contributed by atoms with Crippen molar-refractivity contribution in [1.82, 2.24) is 19.9 Å². The SMILES string of the molecule is Cc1cccc(/C=N/Nc2nc(N3CCOCC3)c3nc(C(=O)N(C)C)sc3n2)c1. The molecule has 156 valence electrons. The molecule has 0 unspecified atom stereocenters. The molecule has 1 fully saturated rings. The molecule has 4 rings (SSSR count). The van der Waals surface area contributed by atoms with E-state index in [4.69, 9.17) is 4.74 Å². The van der Waals surface area contributed by atoms with E-state index in [2.05, 4.69) is 30.4 Å². The van der Waals surface area contributed by atoms with Gasteiger partial charge in [-0.15, -0.1) is 0 Å². The summed E-state index contributed by atoms with van der Waals surface area (Å²) in [5.41, 5.74) is 5.68. The number of carbonyl (C=O) groups is 1. The van der Waals surface area contributed by atoms with Gasteiger partial charge in [-0.1, -0.05) is 41.2 Å². The molecule has 1 aliphatic heterocycles. The average Bonchev–Trinajstić information content (AvgIpc) is 3.17. The number of hydrazone groups is 1. The van der Waals surface area contributed by atoms with E-state index >= 15 is 0 Å². The molecule has 0 bridgehead atoms. The van der Waals surface area contributed by atoms with Crippen molar-refractivity contribution >= 4 is 45.6 Å². The zero-order valence-electron chi connectivity index (χ0n) is 17.1. The summed E-state index contributed by atoms with van der Waals surface area (Å²) < 4.78 is 5.46. The summed E-state index contributed by atoms with van der Waals surface area (Å²) in [5.74, 6) is 0.893. The van der Waals surface area contributed by atoms with Crippen LogP contribution in [-0.2, 0) is 4.74 Å². The third-order valence-corrected chi connectivity index (χ3v) is 5.50. The summed E-state index contributed by atoms with van der Waals surface area (Å²) in [6, 6.07) is 8.03. The second-order valence-electron chi connectivity index (χ2n) is 7.13. The Bertz CT molecular complexity index is 1090. The Balaban J connectivity index is 1.68. The minimum absolute atomic E-state index is 0.155. The number of benzene rings is 1. The number of thiazole rings is 1. The minimum atomic E-state index is -0.155. The van der Waals surface area contributed by atoms with E-state index < -0.39 is 0 Å². The Kier molecular flexibility index (Phi) is 5.86. The maximum atomic E-state index is 12.4. The van der Waals surface area contributed by atoms with Gasteiger partial charge in [0.15, 0.2) is 15.7 Å². The fourth-order valence-corrected chi connectivity index (χ4v) is 4.01. The lowest BCUT2D eigenvalue weighted by atomic mass is 10.2. The van der Waals surface area contributed by atoms with Gasteiger partial charge in [-0.05, 0) is 12.5 Å². The highest BCUT2D eigenvalue weighted by Crippen LogP contribution is 2.30. The van der Waals surface area contributed by atoms with Crippen molar-refractivity contribution in [3.63, 3.8) is 0 Å². The number of hydrogen-bond donors (Lipinski definition) is 1. The van der Waals surface area contributed by atoms with Crippen LogP contribution >= 0.6 is 11.3 Å². The number of ether oxygens (including phenoxy) is 1. The van der Waals surface area contributed by atoms with Crippen LogP contribution in [0.25, 0.3) is 10.3 Å². The normalized spacial score (nSPS) is 14.4.